The van der Waals surface area contributed by atoms with Gasteiger partial charge in [0, 0.05) is 17.6 Å². The summed E-state index contributed by atoms with van der Waals surface area (Å²) in [7, 11) is 1.70. The van der Waals surface area contributed by atoms with Crippen LogP contribution in [0.4, 0.5) is 0 Å². The summed E-state index contributed by atoms with van der Waals surface area (Å²) < 4.78 is 5.41. The Morgan fingerprint density at radius 1 is 1.26 bits per heavy atom. The fraction of sp³-hybridized carbons (Fsp3) is 0.250. The first kappa shape index (κ1) is 12.5. The number of benzene rings is 2. The third-order valence-corrected chi connectivity index (χ3v) is 3.87. The van der Waals surface area contributed by atoms with Gasteiger partial charge in [0.1, 0.15) is 5.75 Å². The number of hydrogen-bond acceptors (Lipinski definition) is 2. The predicted octanol–water partition coefficient (Wildman–Crippen LogP) is 3.74. The lowest BCUT2D eigenvalue weighted by atomic mass is 9.98. The molecule has 2 nitrogen and oxygen atoms in total. The zero-order valence-corrected chi connectivity index (χ0v) is 11.6. The Morgan fingerprint density at radius 2 is 2.11 bits per heavy atom. The highest BCUT2D eigenvalue weighted by atomic mass is 35.5. The van der Waals surface area contributed by atoms with Crippen LogP contribution in [-0.2, 0) is 13.0 Å². The van der Waals surface area contributed by atoms with Crippen molar-refractivity contribution in [3.05, 3.63) is 64.2 Å². The molecule has 0 spiro atoms. The molecule has 3 rings (SSSR count). The highest BCUT2D eigenvalue weighted by Gasteiger charge is 2.22. The topological polar surface area (TPSA) is 21.3 Å². The smallest absolute Gasteiger partial charge is 0.122 e. The molecule has 0 saturated carbocycles. The summed E-state index contributed by atoms with van der Waals surface area (Å²) >= 11 is 6.08. The van der Waals surface area contributed by atoms with Crippen molar-refractivity contribution in [2.24, 2.45) is 0 Å². The highest BCUT2D eigenvalue weighted by molar-refractivity contribution is 6.30. The van der Waals surface area contributed by atoms with Crippen LogP contribution in [0.2, 0.25) is 5.02 Å². The number of nitrogens with one attached hydrogen (secondary N) is 1. The Morgan fingerprint density at radius 3 is 2.95 bits per heavy atom. The van der Waals surface area contributed by atoms with Crippen molar-refractivity contribution in [1.82, 2.24) is 5.32 Å². The second-order valence-electron chi connectivity index (χ2n) is 4.79. The van der Waals surface area contributed by atoms with E-state index >= 15 is 0 Å². The molecule has 1 heterocycles. The molecule has 1 atom stereocenters. The molecule has 0 saturated heterocycles. The largest absolute Gasteiger partial charge is 0.496 e. The van der Waals surface area contributed by atoms with Gasteiger partial charge in [-0.15, -0.1) is 0 Å². The van der Waals surface area contributed by atoms with Crippen molar-refractivity contribution >= 4 is 11.6 Å². The fourth-order valence-corrected chi connectivity index (χ4v) is 2.88. The molecule has 19 heavy (non-hydrogen) atoms. The number of halogens is 1. The van der Waals surface area contributed by atoms with Crippen LogP contribution in [0.25, 0.3) is 0 Å². The predicted molar refractivity (Wildman–Crippen MR) is 77.7 cm³/mol. The van der Waals surface area contributed by atoms with Crippen molar-refractivity contribution < 1.29 is 4.74 Å². The first-order chi connectivity index (χ1) is 9.28. The van der Waals surface area contributed by atoms with E-state index in [1.54, 1.807) is 7.11 Å². The van der Waals surface area contributed by atoms with E-state index in [-0.39, 0.29) is 0 Å². The summed E-state index contributed by atoms with van der Waals surface area (Å²) in [5.41, 5.74) is 3.90. The molecule has 2 aromatic rings. The van der Waals surface area contributed by atoms with Crippen LogP contribution in [0.1, 0.15) is 22.7 Å². The molecule has 3 heteroatoms. The minimum absolute atomic E-state index is 0.337. The number of rotatable bonds is 3. The molecule has 0 aliphatic carbocycles. The molecular formula is C16H16ClNO. The molecule has 0 bridgehead atoms. The van der Waals surface area contributed by atoms with Crippen LogP contribution in [0.3, 0.4) is 0 Å². The average Bonchev–Trinajstić information content (AvgIpc) is 2.83. The van der Waals surface area contributed by atoms with Crippen LogP contribution < -0.4 is 10.1 Å². The second-order valence-corrected chi connectivity index (χ2v) is 5.23. The first-order valence-corrected chi connectivity index (χ1v) is 6.79. The van der Waals surface area contributed by atoms with Crippen LogP contribution in [0.5, 0.6) is 5.75 Å². The minimum Gasteiger partial charge on any atom is -0.496 e. The molecule has 0 radical (unpaired) electrons. The van der Waals surface area contributed by atoms with Crippen molar-refractivity contribution in [2.45, 2.75) is 19.0 Å². The lowest BCUT2D eigenvalue weighted by Crippen LogP contribution is -2.15. The number of fused-ring (bicyclic) bond motifs is 1. The lowest BCUT2D eigenvalue weighted by molar-refractivity contribution is 0.406. The van der Waals surface area contributed by atoms with Gasteiger partial charge in [-0.25, -0.2) is 0 Å². The van der Waals surface area contributed by atoms with E-state index in [0.29, 0.717) is 6.04 Å². The number of ether oxygens (including phenoxy) is 1. The summed E-state index contributed by atoms with van der Waals surface area (Å²) in [5, 5.41) is 4.29. The van der Waals surface area contributed by atoms with Gasteiger partial charge in [0.05, 0.1) is 7.11 Å². The highest BCUT2D eigenvalue weighted by Crippen LogP contribution is 2.32. The molecule has 98 valence electrons. The molecule has 0 aromatic heterocycles. The zero-order valence-electron chi connectivity index (χ0n) is 10.8. The van der Waals surface area contributed by atoms with Crippen LogP contribution >= 0.6 is 11.6 Å². The van der Waals surface area contributed by atoms with Crippen molar-refractivity contribution in [1.29, 1.82) is 0 Å². The standard InChI is InChI=1S/C16H16ClNO/c1-19-16-7-6-13(17)8-12(16)9-15-14-5-3-2-4-11(14)10-18-15/h2-8,15,18H,9-10H2,1H3. The monoisotopic (exact) mass is 273 g/mol. The molecule has 1 N–H and O–H groups in total. The Balaban J connectivity index is 1.89. The first-order valence-electron chi connectivity index (χ1n) is 6.41. The van der Waals surface area contributed by atoms with E-state index in [1.165, 1.54) is 11.1 Å². The van der Waals surface area contributed by atoms with Gasteiger partial charge in [0.15, 0.2) is 0 Å². The lowest BCUT2D eigenvalue weighted by Gasteiger charge is -2.15. The van der Waals surface area contributed by atoms with Gasteiger partial charge >= 0.3 is 0 Å². The molecule has 1 aliphatic heterocycles. The van der Waals surface area contributed by atoms with Crippen molar-refractivity contribution in [3.63, 3.8) is 0 Å². The zero-order chi connectivity index (χ0) is 13.2. The van der Waals surface area contributed by atoms with Crippen molar-refractivity contribution in [3.8, 4) is 5.75 Å². The average molecular weight is 274 g/mol. The molecule has 0 amide bonds. The fourth-order valence-electron chi connectivity index (χ4n) is 2.69. The summed E-state index contributed by atoms with van der Waals surface area (Å²) in [5.74, 6) is 0.899. The van der Waals surface area contributed by atoms with E-state index in [4.69, 9.17) is 16.3 Å². The number of hydrogen-bond donors (Lipinski definition) is 1. The van der Waals surface area contributed by atoms with Crippen LogP contribution in [0, 0.1) is 0 Å². The van der Waals surface area contributed by atoms with Gasteiger partial charge in [-0.1, -0.05) is 35.9 Å². The van der Waals surface area contributed by atoms with E-state index in [9.17, 15) is 0 Å². The Labute approximate surface area is 118 Å². The summed E-state index contributed by atoms with van der Waals surface area (Å²) in [6.07, 6.45) is 0.890. The quantitative estimate of drug-likeness (QED) is 0.920. The van der Waals surface area contributed by atoms with Gasteiger partial charge in [-0.3, -0.25) is 0 Å². The third-order valence-electron chi connectivity index (χ3n) is 3.64. The summed E-state index contributed by atoms with van der Waals surface area (Å²) in [4.78, 5) is 0. The van der Waals surface area contributed by atoms with E-state index in [1.807, 2.05) is 18.2 Å². The maximum Gasteiger partial charge on any atom is 0.122 e. The maximum absolute atomic E-state index is 6.08. The minimum atomic E-state index is 0.337. The van der Waals surface area contributed by atoms with Gasteiger partial charge in [0.2, 0.25) is 0 Å². The van der Waals surface area contributed by atoms with Gasteiger partial charge in [-0.2, -0.15) is 0 Å². The van der Waals surface area contributed by atoms with Gasteiger partial charge in [0.25, 0.3) is 0 Å². The van der Waals surface area contributed by atoms with Crippen LogP contribution in [0.15, 0.2) is 42.5 Å². The molecular weight excluding hydrogens is 258 g/mol. The Hall–Kier alpha value is -1.51. The molecule has 1 aliphatic rings. The van der Waals surface area contributed by atoms with E-state index in [0.717, 1.165) is 29.3 Å². The maximum atomic E-state index is 6.08. The Kier molecular flexibility index (Phi) is 3.45. The van der Waals surface area contributed by atoms with Gasteiger partial charge < -0.3 is 10.1 Å². The van der Waals surface area contributed by atoms with E-state index in [2.05, 4.69) is 29.6 Å². The Bertz CT molecular complexity index is 597. The summed E-state index contributed by atoms with van der Waals surface area (Å²) in [6, 6.07) is 14.7. The summed E-state index contributed by atoms with van der Waals surface area (Å²) in [6.45, 7) is 0.934. The molecule has 0 fully saturated rings. The van der Waals surface area contributed by atoms with Crippen LogP contribution in [-0.4, -0.2) is 7.11 Å². The van der Waals surface area contributed by atoms with Gasteiger partial charge in [-0.05, 0) is 41.3 Å². The normalized spacial score (nSPS) is 17.3. The number of methoxy groups -OCH3 is 1. The SMILES string of the molecule is COc1ccc(Cl)cc1CC1NCc2ccccc21. The molecule has 1 unspecified atom stereocenters. The second kappa shape index (κ2) is 5.24. The third kappa shape index (κ3) is 2.46. The van der Waals surface area contributed by atoms with Crippen molar-refractivity contribution in [2.75, 3.05) is 7.11 Å². The molecule has 2 aromatic carbocycles. The van der Waals surface area contributed by atoms with E-state index < -0.39 is 0 Å².